The van der Waals surface area contributed by atoms with Gasteiger partial charge in [-0.2, -0.15) is 0 Å². The van der Waals surface area contributed by atoms with Crippen molar-refractivity contribution in [3.8, 4) is 21.6 Å². The van der Waals surface area contributed by atoms with Crippen molar-refractivity contribution in [1.82, 2.24) is 5.32 Å². The minimum absolute atomic E-state index is 0.0346. The van der Waals surface area contributed by atoms with Gasteiger partial charge in [0, 0.05) is 29.3 Å². The summed E-state index contributed by atoms with van der Waals surface area (Å²) in [6.45, 7) is 2.35. The Hall–Kier alpha value is -2.18. The number of ketones is 1. The molecule has 2 fully saturated rings. The summed E-state index contributed by atoms with van der Waals surface area (Å²) in [7, 11) is 1.67. The molecule has 8 heteroatoms. The molecule has 2 aromatic heterocycles. The summed E-state index contributed by atoms with van der Waals surface area (Å²) in [6.07, 6.45) is 4.51. The van der Waals surface area contributed by atoms with Crippen molar-refractivity contribution in [2.24, 2.45) is 33.9 Å². The summed E-state index contributed by atoms with van der Waals surface area (Å²) >= 11 is 3.22. The molecule has 4 rings (SSSR count). The van der Waals surface area contributed by atoms with Gasteiger partial charge >= 0.3 is 0 Å². The van der Waals surface area contributed by atoms with Gasteiger partial charge in [0.05, 0.1) is 22.5 Å². The van der Waals surface area contributed by atoms with E-state index in [1.165, 1.54) is 0 Å². The summed E-state index contributed by atoms with van der Waals surface area (Å²) in [4.78, 5) is 22.0. The topological polar surface area (TPSA) is 108 Å². The molecule has 0 bridgehead atoms. The molecule has 5 atom stereocenters. The molecule has 0 amide bonds. The predicted molar refractivity (Wildman–Crippen MR) is 144 cm³/mol. The molecule has 5 N–H and O–H groups in total. The second-order valence-electron chi connectivity index (χ2n) is 9.87. The maximum absolute atomic E-state index is 13.9. The minimum atomic E-state index is -0.723. The van der Waals surface area contributed by atoms with Crippen LogP contribution in [0.25, 0.3) is 9.75 Å². The van der Waals surface area contributed by atoms with Crippen LogP contribution >= 0.6 is 22.7 Å². The zero-order chi connectivity index (χ0) is 25.0. The maximum Gasteiger partial charge on any atom is 0.188 e. The number of guanidine groups is 1. The fourth-order valence-corrected chi connectivity index (χ4v) is 8.05. The van der Waals surface area contributed by atoms with Gasteiger partial charge in [-0.15, -0.1) is 28.6 Å². The lowest BCUT2D eigenvalue weighted by molar-refractivity contribution is 0.0228. The Morgan fingerprint density at radius 1 is 1.23 bits per heavy atom. The number of nitrogens with two attached hydrogens (primary N) is 1. The van der Waals surface area contributed by atoms with Crippen LogP contribution in [0.2, 0.25) is 0 Å². The monoisotopic (exact) mass is 513 g/mol. The van der Waals surface area contributed by atoms with Crippen molar-refractivity contribution in [3.63, 3.8) is 0 Å². The highest BCUT2D eigenvalue weighted by Crippen LogP contribution is 2.57. The normalized spacial score (nSPS) is 27.4. The number of thiophene rings is 2. The molecule has 0 radical (unpaired) electrons. The van der Waals surface area contributed by atoms with E-state index in [9.17, 15) is 15.0 Å². The van der Waals surface area contributed by atoms with Crippen molar-refractivity contribution in [2.75, 3.05) is 20.2 Å². The first-order chi connectivity index (χ1) is 16.9. The second-order valence-corrected chi connectivity index (χ2v) is 12.0. The quantitative estimate of drug-likeness (QED) is 0.193. The molecule has 6 nitrogen and oxygen atoms in total. The van der Waals surface area contributed by atoms with E-state index in [-0.39, 0.29) is 29.6 Å². The van der Waals surface area contributed by atoms with E-state index >= 15 is 0 Å². The van der Waals surface area contributed by atoms with Crippen molar-refractivity contribution < 1.29 is 15.0 Å². The summed E-state index contributed by atoms with van der Waals surface area (Å²) in [5, 5.41) is 23.1. The van der Waals surface area contributed by atoms with Crippen LogP contribution in [0, 0.1) is 35.0 Å². The smallest absolute Gasteiger partial charge is 0.188 e. The molecule has 0 aromatic carbocycles. The number of hydrogen-bond acceptors (Lipinski definition) is 6. The summed E-state index contributed by atoms with van der Waals surface area (Å²) < 4.78 is 0. The average molecular weight is 514 g/mol. The molecule has 2 aliphatic carbocycles. The van der Waals surface area contributed by atoms with Gasteiger partial charge in [0.2, 0.25) is 0 Å². The Morgan fingerprint density at radius 2 is 2.00 bits per heavy atom. The molecule has 0 aliphatic heterocycles. The number of aliphatic hydroxyl groups excluding tert-OH is 2. The highest BCUT2D eigenvalue weighted by molar-refractivity contribution is 7.23. The molecule has 2 aromatic rings. The number of carbonyl (C=O) groups is 1. The molecule has 2 heterocycles. The molecule has 1 spiro atoms. The van der Waals surface area contributed by atoms with Gasteiger partial charge in [-0.05, 0) is 87.0 Å². The number of hydrogen-bond donors (Lipinski definition) is 4. The third kappa shape index (κ3) is 5.64. The number of rotatable bonds is 7. The number of nitrogens with zero attached hydrogens (tertiary/aromatic N) is 1. The van der Waals surface area contributed by atoms with Crippen molar-refractivity contribution in [3.05, 3.63) is 34.0 Å². The van der Waals surface area contributed by atoms with Crippen LogP contribution in [0.5, 0.6) is 0 Å². The average Bonchev–Trinajstić information content (AvgIpc) is 3.62. The van der Waals surface area contributed by atoms with Gasteiger partial charge in [0.15, 0.2) is 11.7 Å². The Bertz CT molecular complexity index is 1130. The van der Waals surface area contributed by atoms with E-state index in [0.717, 1.165) is 64.6 Å². The number of aliphatic hydroxyl groups is 2. The van der Waals surface area contributed by atoms with Crippen LogP contribution in [0.3, 0.4) is 0 Å². The number of aliphatic imine (C=N–C) groups is 1. The van der Waals surface area contributed by atoms with Gasteiger partial charge in [0.1, 0.15) is 0 Å². The highest BCUT2D eigenvalue weighted by Gasteiger charge is 2.52. The zero-order valence-electron chi connectivity index (χ0n) is 20.4. The van der Waals surface area contributed by atoms with Crippen molar-refractivity contribution in [2.45, 2.75) is 51.6 Å². The van der Waals surface area contributed by atoms with E-state index in [2.05, 4.69) is 34.3 Å². The highest BCUT2D eigenvalue weighted by atomic mass is 32.1. The van der Waals surface area contributed by atoms with E-state index < -0.39 is 6.10 Å². The molecule has 35 heavy (non-hydrogen) atoms. The lowest BCUT2D eigenvalue weighted by atomic mass is 9.60. The van der Waals surface area contributed by atoms with E-state index in [1.807, 2.05) is 19.1 Å². The van der Waals surface area contributed by atoms with Crippen LogP contribution < -0.4 is 11.1 Å². The van der Waals surface area contributed by atoms with Gasteiger partial charge in [0.25, 0.3) is 0 Å². The third-order valence-corrected chi connectivity index (χ3v) is 10.1. The molecule has 2 saturated carbocycles. The third-order valence-electron chi connectivity index (χ3n) is 7.79. The lowest BCUT2D eigenvalue weighted by Crippen LogP contribution is -2.44. The molecular formula is C27H35N3O3S2. The molecule has 0 saturated heterocycles. The summed E-state index contributed by atoms with van der Waals surface area (Å²) in [6, 6.07) is 8.13. The number of carbonyl (C=O) groups excluding carboxylic acids is 1. The Kier molecular flexibility index (Phi) is 8.33. The predicted octanol–water partition coefficient (Wildman–Crippen LogP) is 4.12. The zero-order valence-corrected chi connectivity index (χ0v) is 22.1. The maximum atomic E-state index is 13.9. The SMILES string of the molecule is CC#Cc1ccc(-c2ccc(C(=O)C3CCC(CNC(N)=NC)CC34CCC(C(O)CO)C4)s2)s1. The number of Topliss-reactive ketones (excluding diaryl/α,β-unsaturated/α-hetero) is 1. The molecule has 2 aliphatic rings. The first-order valence-electron chi connectivity index (χ1n) is 12.3. The van der Waals surface area contributed by atoms with Crippen molar-refractivity contribution >= 4 is 34.4 Å². The van der Waals surface area contributed by atoms with Gasteiger partial charge in [-0.25, -0.2) is 0 Å². The molecule has 188 valence electrons. The first-order valence-corrected chi connectivity index (χ1v) is 13.9. The lowest BCUT2D eigenvalue weighted by Gasteiger charge is -2.44. The molecular weight excluding hydrogens is 478 g/mol. The Labute approximate surface area is 215 Å². The van der Waals surface area contributed by atoms with E-state index in [1.54, 1.807) is 29.7 Å². The standard InChI is InChI=1S/C27H35N3O3S2/c1-3-4-19-6-8-22(34-19)23-9-10-24(35-23)25(33)20-7-5-17(15-30-26(28)29-2)13-27(20)12-11-18(14-27)21(32)16-31/h6,8-10,17-18,20-21,31-32H,5,7,11-16H2,1-2H3,(H3,28,29,30). The summed E-state index contributed by atoms with van der Waals surface area (Å²) in [5.74, 6) is 7.07. The molecule has 5 unspecified atom stereocenters. The largest absolute Gasteiger partial charge is 0.394 e. The van der Waals surface area contributed by atoms with Crippen LogP contribution in [-0.2, 0) is 0 Å². The Balaban J connectivity index is 1.55. The van der Waals surface area contributed by atoms with Gasteiger partial charge in [-0.3, -0.25) is 9.79 Å². The van der Waals surface area contributed by atoms with Crippen LogP contribution in [0.4, 0.5) is 0 Å². The van der Waals surface area contributed by atoms with E-state index in [4.69, 9.17) is 5.73 Å². The minimum Gasteiger partial charge on any atom is -0.394 e. The summed E-state index contributed by atoms with van der Waals surface area (Å²) in [5.41, 5.74) is 5.70. The van der Waals surface area contributed by atoms with Crippen LogP contribution in [0.1, 0.15) is 60.0 Å². The second kappa shape index (κ2) is 11.3. The van der Waals surface area contributed by atoms with Crippen molar-refractivity contribution in [1.29, 1.82) is 0 Å². The fraction of sp³-hybridized carbons (Fsp3) is 0.556. The fourth-order valence-electron chi connectivity index (χ4n) is 6.05. The first kappa shape index (κ1) is 25.9. The van der Waals surface area contributed by atoms with Gasteiger partial charge in [-0.1, -0.05) is 5.92 Å². The van der Waals surface area contributed by atoms with Crippen LogP contribution in [-0.4, -0.2) is 48.3 Å². The number of nitrogens with one attached hydrogen (secondary N) is 1. The van der Waals surface area contributed by atoms with Gasteiger partial charge < -0.3 is 21.3 Å². The Morgan fingerprint density at radius 3 is 2.74 bits per heavy atom. The van der Waals surface area contributed by atoms with Crippen LogP contribution in [0.15, 0.2) is 29.3 Å². The van der Waals surface area contributed by atoms with E-state index in [0.29, 0.717) is 11.9 Å².